The predicted octanol–water partition coefficient (Wildman–Crippen LogP) is 4.50. The van der Waals surface area contributed by atoms with Crippen LogP contribution < -0.4 is 5.32 Å². The lowest BCUT2D eigenvalue weighted by Crippen LogP contribution is -2.25. The molecule has 1 amide bonds. The van der Waals surface area contributed by atoms with E-state index in [2.05, 4.69) is 41.3 Å². The van der Waals surface area contributed by atoms with Crippen molar-refractivity contribution in [1.29, 1.82) is 0 Å². The Morgan fingerprint density at radius 3 is 2.56 bits per heavy atom. The largest absolute Gasteiger partial charge is 0.352 e. The molecule has 27 heavy (non-hydrogen) atoms. The minimum atomic E-state index is 0.000234. The van der Waals surface area contributed by atoms with Crippen LogP contribution in [0.5, 0.6) is 0 Å². The molecule has 0 aliphatic carbocycles. The van der Waals surface area contributed by atoms with E-state index in [1.54, 1.807) is 18.6 Å². The van der Waals surface area contributed by atoms with Crippen LogP contribution >= 0.6 is 11.8 Å². The van der Waals surface area contributed by atoms with Crippen molar-refractivity contribution in [1.82, 2.24) is 15.3 Å². The lowest BCUT2D eigenvalue weighted by molar-refractivity contribution is -0.120. The zero-order valence-electron chi connectivity index (χ0n) is 15.6. The Labute approximate surface area is 164 Å². The molecule has 0 atom stereocenters. The van der Waals surface area contributed by atoms with E-state index in [1.807, 2.05) is 48.2 Å². The van der Waals surface area contributed by atoms with E-state index in [-0.39, 0.29) is 5.91 Å². The van der Waals surface area contributed by atoms with E-state index in [9.17, 15) is 4.79 Å². The topological polar surface area (TPSA) is 54.9 Å². The minimum Gasteiger partial charge on any atom is -0.352 e. The smallest absolute Gasteiger partial charge is 0.224 e. The van der Waals surface area contributed by atoms with Crippen LogP contribution in [0.1, 0.15) is 25.0 Å². The van der Waals surface area contributed by atoms with Crippen LogP contribution in [0.15, 0.2) is 72.0 Å². The van der Waals surface area contributed by atoms with Crippen LogP contribution in [0.3, 0.4) is 0 Å². The number of nitrogens with zero attached hydrogens (tertiary/aromatic N) is 2. The van der Waals surface area contributed by atoms with Gasteiger partial charge in [0.1, 0.15) is 0 Å². The van der Waals surface area contributed by atoms with Gasteiger partial charge in [-0.3, -0.25) is 14.8 Å². The van der Waals surface area contributed by atoms with Gasteiger partial charge in [-0.25, -0.2) is 0 Å². The summed E-state index contributed by atoms with van der Waals surface area (Å²) in [6.45, 7) is 4.78. The van der Waals surface area contributed by atoms with E-state index < -0.39 is 0 Å². The fourth-order valence-electron chi connectivity index (χ4n) is 2.74. The van der Waals surface area contributed by atoms with Gasteiger partial charge in [0.2, 0.25) is 5.91 Å². The third kappa shape index (κ3) is 5.66. The molecular formula is C22H23N3OS. The molecule has 1 N–H and O–H groups in total. The Hall–Kier alpha value is -2.66. The number of benzene rings is 1. The molecule has 0 aliphatic rings. The van der Waals surface area contributed by atoms with Crippen LogP contribution in [0, 0.1) is 0 Å². The molecule has 3 aromatic rings. The Kier molecular flexibility index (Phi) is 6.60. The Morgan fingerprint density at radius 2 is 1.85 bits per heavy atom. The first-order valence-corrected chi connectivity index (χ1v) is 9.86. The number of hydrogen-bond acceptors (Lipinski definition) is 4. The molecule has 0 spiro atoms. The van der Waals surface area contributed by atoms with Gasteiger partial charge in [-0.15, -0.1) is 11.8 Å². The molecule has 2 aromatic heterocycles. The lowest BCUT2D eigenvalue weighted by Gasteiger charge is -2.10. The summed E-state index contributed by atoms with van der Waals surface area (Å²) in [5.74, 6) is 0.000234. The van der Waals surface area contributed by atoms with E-state index in [1.165, 1.54) is 4.90 Å². The summed E-state index contributed by atoms with van der Waals surface area (Å²) in [6, 6.07) is 15.9. The molecule has 0 aliphatic heterocycles. The van der Waals surface area contributed by atoms with Crippen LogP contribution in [-0.4, -0.2) is 21.1 Å². The van der Waals surface area contributed by atoms with Gasteiger partial charge in [-0.2, -0.15) is 0 Å². The third-order valence-corrected chi connectivity index (χ3v) is 4.98. The van der Waals surface area contributed by atoms with Crippen molar-refractivity contribution in [2.75, 3.05) is 0 Å². The van der Waals surface area contributed by atoms with Crippen molar-refractivity contribution in [2.24, 2.45) is 0 Å². The molecule has 0 radical (unpaired) electrons. The van der Waals surface area contributed by atoms with Crippen molar-refractivity contribution in [3.05, 3.63) is 78.2 Å². The molecule has 0 unspecified atom stereocenters. The molecule has 5 heteroatoms. The monoisotopic (exact) mass is 377 g/mol. The van der Waals surface area contributed by atoms with Crippen LogP contribution in [0.25, 0.3) is 11.3 Å². The Balaban J connectivity index is 1.60. The lowest BCUT2D eigenvalue weighted by atomic mass is 10.1. The first-order chi connectivity index (χ1) is 13.1. The van der Waals surface area contributed by atoms with Crippen LogP contribution in [0.4, 0.5) is 0 Å². The van der Waals surface area contributed by atoms with E-state index in [0.717, 1.165) is 22.4 Å². The first-order valence-electron chi connectivity index (χ1n) is 8.98. The molecule has 2 heterocycles. The van der Waals surface area contributed by atoms with Crippen molar-refractivity contribution >= 4 is 17.7 Å². The molecule has 0 saturated heterocycles. The quantitative estimate of drug-likeness (QED) is 0.616. The first kappa shape index (κ1) is 19.1. The molecule has 4 nitrogen and oxygen atoms in total. The average Bonchev–Trinajstić information content (AvgIpc) is 2.68. The number of nitrogens with one attached hydrogen (secondary N) is 1. The van der Waals surface area contributed by atoms with Gasteiger partial charge in [0, 0.05) is 40.8 Å². The Morgan fingerprint density at radius 1 is 1.07 bits per heavy atom. The predicted molar refractivity (Wildman–Crippen MR) is 110 cm³/mol. The van der Waals surface area contributed by atoms with E-state index in [0.29, 0.717) is 18.2 Å². The number of aromatic nitrogens is 2. The third-order valence-electron chi connectivity index (χ3n) is 3.96. The maximum atomic E-state index is 12.3. The van der Waals surface area contributed by atoms with Crippen molar-refractivity contribution in [2.45, 2.75) is 37.0 Å². The standard InChI is InChI=1S/C22H23N3OS/c1-16(2)27-20-9-7-17(8-10-20)13-21(26)25-15-19-6-4-12-24-22(19)18-5-3-11-23-14-18/h3-12,14,16H,13,15H2,1-2H3,(H,25,26). The molecule has 138 valence electrons. The van der Waals surface area contributed by atoms with Crippen LogP contribution in [0.2, 0.25) is 0 Å². The van der Waals surface area contributed by atoms with Gasteiger partial charge in [0.15, 0.2) is 0 Å². The number of amides is 1. The normalized spacial score (nSPS) is 10.8. The summed E-state index contributed by atoms with van der Waals surface area (Å²) in [7, 11) is 0. The second-order valence-corrected chi connectivity index (χ2v) is 8.17. The molecular weight excluding hydrogens is 354 g/mol. The second-order valence-electron chi connectivity index (χ2n) is 6.52. The average molecular weight is 378 g/mol. The van der Waals surface area contributed by atoms with E-state index in [4.69, 9.17) is 0 Å². The number of carbonyl (C=O) groups excluding carboxylic acids is 1. The van der Waals surface area contributed by atoms with Gasteiger partial charge in [-0.05, 0) is 41.5 Å². The highest BCUT2D eigenvalue weighted by molar-refractivity contribution is 7.99. The highest BCUT2D eigenvalue weighted by Gasteiger charge is 2.09. The molecule has 1 aromatic carbocycles. The fraction of sp³-hybridized carbons (Fsp3) is 0.227. The SMILES string of the molecule is CC(C)Sc1ccc(CC(=O)NCc2cccnc2-c2cccnc2)cc1. The number of rotatable bonds is 7. The summed E-state index contributed by atoms with van der Waals surface area (Å²) in [4.78, 5) is 22.2. The summed E-state index contributed by atoms with van der Waals surface area (Å²) in [6.07, 6.45) is 5.64. The number of hydrogen-bond donors (Lipinski definition) is 1. The van der Waals surface area contributed by atoms with Gasteiger partial charge in [0.25, 0.3) is 0 Å². The zero-order valence-corrected chi connectivity index (χ0v) is 16.4. The van der Waals surface area contributed by atoms with Gasteiger partial charge in [0.05, 0.1) is 12.1 Å². The van der Waals surface area contributed by atoms with Gasteiger partial charge in [-0.1, -0.05) is 32.0 Å². The van der Waals surface area contributed by atoms with E-state index >= 15 is 0 Å². The van der Waals surface area contributed by atoms with Crippen molar-refractivity contribution in [3.63, 3.8) is 0 Å². The number of thioether (sulfide) groups is 1. The van der Waals surface area contributed by atoms with Crippen molar-refractivity contribution < 1.29 is 4.79 Å². The van der Waals surface area contributed by atoms with Crippen molar-refractivity contribution in [3.8, 4) is 11.3 Å². The maximum absolute atomic E-state index is 12.3. The summed E-state index contributed by atoms with van der Waals surface area (Å²) in [5.41, 5.74) is 3.78. The van der Waals surface area contributed by atoms with Gasteiger partial charge >= 0.3 is 0 Å². The highest BCUT2D eigenvalue weighted by Crippen LogP contribution is 2.23. The number of carbonyl (C=O) groups is 1. The molecule has 3 rings (SSSR count). The molecule has 0 bridgehead atoms. The van der Waals surface area contributed by atoms with Crippen LogP contribution in [-0.2, 0) is 17.8 Å². The molecule has 0 saturated carbocycles. The zero-order chi connectivity index (χ0) is 19.1. The number of pyridine rings is 2. The molecule has 0 fully saturated rings. The van der Waals surface area contributed by atoms with Gasteiger partial charge < -0.3 is 5.32 Å². The summed E-state index contributed by atoms with van der Waals surface area (Å²) >= 11 is 1.82. The second kappa shape index (κ2) is 9.33. The summed E-state index contributed by atoms with van der Waals surface area (Å²) in [5, 5.41) is 3.55. The Bertz CT molecular complexity index is 880. The minimum absolute atomic E-state index is 0.000234. The summed E-state index contributed by atoms with van der Waals surface area (Å²) < 4.78 is 0. The highest BCUT2D eigenvalue weighted by atomic mass is 32.2. The fourth-order valence-corrected chi connectivity index (χ4v) is 3.58. The maximum Gasteiger partial charge on any atom is 0.224 e.